The van der Waals surface area contributed by atoms with Gasteiger partial charge in [0.1, 0.15) is 17.2 Å². The summed E-state index contributed by atoms with van der Waals surface area (Å²) in [6.07, 6.45) is 0.713. The molecule has 36 heavy (non-hydrogen) atoms. The summed E-state index contributed by atoms with van der Waals surface area (Å²) in [7, 11) is 1.46. The number of halogens is 2. The molecule has 186 valence electrons. The number of carbonyl (C=O) groups excluding carboxylic acids is 1. The largest absolute Gasteiger partial charge is 0.398 e. The first kappa shape index (κ1) is 24.8. The quantitative estimate of drug-likeness (QED) is 0.251. The smallest absolute Gasteiger partial charge is 0.261 e. The number of nitrogens with zero attached hydrogens (tertiary/aromatic N) is 1. The van der Waals surface area contributed by atoms with Gasteiger partial charge in [-0.2, -0.15) is 0 Å². The second-order valence-corrected chi connectivity index (χ2v) is 8.18. The van der Waals surface area contributed by atoms with Gasteiger partial charge in [0.05, 0.1) is 24.5 Å². The minimum absolute atomic E-state index is 0.0550. The van der Waals surface area contributed by atoms with Gasteiger partial charge in [0.2, 0.25) is 0 Å². The van der Waals surface area contributed by atoms with Crippen LogP contribution in [0.3, 0.4) is 0 Å². The lowest BCUT2D eigenvalue weighted by Crippen LogP contribution is -2.36. The number of ether oxygens (including phenoxy) is 1. The normalized spacial score (nSPS) is 13.2. The summed E-state index contributed by atoms with van der Waals surface area (Å²) in [5.74, 6) is -3.23. The van der Waals surface area contributed by atoms with Crippen LogP contribution in [0.2, 0.25) is 0 Å². The van der Waals surface area contributed by atoms with Crippen LogP contribution in [0, 0.1) is 22.5 Å². The fourth-order valence-electron chi connectivity index (χ4n) is 4.05. The maximum absolute atomic E-state index is 14.8. The Morgan fingerprint density at radius 3 is 2.44 bits per heavy atom. The van der Waals surface area contributed by atoms with Crippen LogP contribution in [0.15, 0.2) is 48.5 Å². The summed E-state index contributed by atoms with van der Waals surface area (Å²) in [4.78, 5) is 15.0. The molecule has 1 saturated heterocycles. The monoisotopic (exact) mass is 492 g/mol. The first-order valence-corrected chi connectivity index (χ1v) is 11.3. The van der Waals surface area contributed by atoms with Gasteiger partial charge in [-0.25, -0.2) is 8.78 Å². The van der Waals surface area contributed by atoms with Crippen LogP contribution >= 0.6 is 0 Å². The minimum atomic E-state index is -1.14. The Bertz CT molecular complexity index is 1320. The highest BCUT2D eigenvalue weighted by Gasteiger charge is 2.23. The van der Waals surface area contributed by atoms with Gasteiger partial charge in [-0.05, 0) is 36.4 Å². The van der Waals surface area contributed by atoms with Gasteiger partial charge in [0.25, 0.3) is 5.91 Å². The Morgan fingerprint density at radius 1 is 1.11 bits per heavy atom. The summed E-state index contributed by atoms with van der Waals surface area (Å²) in [5.41, 5.74) is 7.80. The van der Waals surface area contributed by atoms with Crippen LogP contribution < -0.4 is 21.3 Å². The first-order chi connectivity index (χ1) is 17.3. The molecule has 0 saturated carbocycles. The van der Waals surface area contributed by atoms with Crippen LogP contribution in [0.5, 0.6) is 0 Å². The Balaban J connectivity index is 1.57. The topological polar surface area (TPSA) is 127 Å². The molecule has 0 aliphatic carbocycles. The fourth-order valence-corrected chi connectivity index (χ4v) is 4.05. The van der Waals surface area contributed by atoms with Crippen molar-refractivity contribution in [2.75, 3.05) is 54.6 Å². The molecule has 0 bridgehead atoms. The Kier molecular flexibility index (Phi) is 7.25. The van der Waals surface area contributed by atoms with Gasteiger partial charge < -0.3 is 31.4 Å². The van der Waals surface area contributed by atoms with Crippen molar-refractivity contribution in [1.82, 2.24) is 0 Å². The van der Waals surface area contributed by atoms with Crippen molar-refractivity contribution in [2.24, 2.45) is 0 Å². The van der Waals surface area contributed by atoms with E-state index >= 15 is 0 Å². The van der Waals surface area contributed by atoms with Crippen molar-refractivity contribution in [2.45, 2.75) is 0 Å². The van der Waals surface area contributed by atoms with Crippen molar-refractivity contribution < 1.29 is 18.3 Å². The van der Waals surface area contributed by atoms with Gasteiger partial charge in [-0.1, -0.05) is 12.1 Å². The molecule has 1 aliphatic rings. The number of rotatable bonds is 7. The number of hydrogen-bond donors (Lipinski definition) is 5. The van der Waals surface area contributed by atoms with E-state index in [1.807, 2.05) is 24.3 Å². The zero-order valence-electron chi connectivity index (χ0n) is 19.6. The molecule has 1 heterocycles. The lowest BCUT2D eigenvalue weighted by molar-refractivity contribution is 0.101. The van der Waals surface area contributed by atoms with E-state index in [4.69, 9.17) is 21.3 Å². The summed E-state index contributed by atoms with van der Waals surface area (Å²) >= 11 is 0. The molecule has 0 aromatic heterocycles. The average Bonchev–Trinajstić information content (AvgIpc) is 2.89. The molecule has 1 aliphatic heterocycles. The van der Waals surface area contributed by atoms with Gasteiger partial charge in [0, 0.05) is 60.2 Å². The molecule has 0 unspecified atom stereocenters. The lowest BCUT2D eigenvalue weighted by Gasteiger charge is -2.29. The minimum Gasteiger partial charge on any atom is -0.398 e. The third kappa shape index (κ3) is 4.89. The van der Waals surface area contributed by atoms with E-state index in [1.54, 1.807) is 0 Å². The van der Waals surface area contributed by atoms with E-state index in [9.17, 15) is 13.6 Å². The van der Waals surface area contributed by atoms with Crippen LogP contribution in [-0.2, 0) is 4.74 Å². The molecule has 0 radical (unpaired) electrons. The Morgan fingerprint density at radius 2 is 1.81 bits per heavy atom. The Hall–Kier alpha value is -4.31. The predicted octanol–water partition coefficient (Wildman–Crippen LogP) is 4.09. The van der Waals surface area contributed by atoms with Gasteiger partial charge >= 0.3 is 0 Å². The van der Waals surface area contributed by atoms with Crippen LogP contribution in [0.25, 0.3) is 0 Å². The highest BCUT2D eigenvalue weighted by atomic mass is 19.1. The third-order valence-electron chi connectivity index (χ3n) is 6.01. The molecular formula is C26H26F2N6O2. The zero-order valence-corrected chi connectivity index (χ0v) is 19.6. The Labute approximate surface area is 207 Å². The SMILES string of the molecule is CNc1cc(F)c(C(=O)Nc2ccc(N)c(C(=N)c3ccc(N4CCOCC4)cc3)c2)c(F)c1C=N. The second kappa shape index (κ2) is 10.5. The molecule has 0 spiro atoms. The molecule has 4 rings (SSSR count). The van der Waals surface area contributed by atoms with E-state index in [0.717, 1.165) is 24.8 Å². The van der Waals surface area contributed by atoms with Gasteiger partial charge in [-0.3, -0.25) is 10.2 Å². The maximum Gasteiger partial charge on any atom is 0.261 e. The summed E-state index contributed by atoms with van der Waals surface area (Å²) in [6, 6.07) is 13.0. The number of carbonyl (C=O) groups is 1. The number of nitrogen functional groups attached to an aromatic ring is 1. The van der Waals surface area contributed by atoms with E-state index < -0.39 is 23.1 Å². The van der Waals surface area contributed by atoms with Crippen molar-refractivity contribution in [3.63, 3.8) is 0 Å². The molecule has 1 fully saturated rings. The van der Waals surface area contributed by atoms with Crippen LogP contribution in [-0.4, -0.2) is 51.2 Å². The van der Waals surface area contributed by atoms with E-state index in [-0.39, 0.29) is 22.6 Å². The van der Waals surface area contributed by atoms with Crippen LogP contribution in [0.4, 0.5) is 31.5 Å². The summed E-state index contributed by atoms with van der Waals surface area (Å²) in [5, 5.41) is 21.1. The van der Waals surface area contributed by atoms with Crippen molar-refractivity contribution >= 4 is 40.6 Å². The predicted molar refractivity (Wildman–Crippen MR) is 138 cm³/mol. The standard InChI is InChI=1S/C26H26F2N6O2/c1-32-22-13-20(27)23(24(28)19(22)14-29)26(35)33-16-4-7-21(30)18(12-16)25(31)15-2-5-17(6-3-15)34-8-10-36-11-9-34/h2-7,12-14,29,31-32H,8-11,30H2,1H3,(H,33,35). The van der Waals surface area contributed by atoms with Gasteiger partial charge in [-0.15, -0.1) is 0 Å². The number of nitrogens with one attached hydrogen (secondary N) is 4. The van der Waals surface area contributed by atoms with E-state index in [0.29, 0.717) is 36.2 Å². The van der Waals surface area contributed by atoms with Crippen molar-refractivity contribution in [3.05, 3.63) is 82.4 Å². The third-order valence-corrected chi connectivity index (χ3v) is 6.01. The van der Waals surface area contributed by atoms with Crippen molar-refractivity contribution in [1.29, 1.82) is 10.8 Å². The van der Waals surface area contributed by atoms with E-state index in [2.05, 4.69) is 15.5 Å². The second-order valence-electron chi connectivity index (χ2n) is 8.18. The number of amides is 1. The number of morpholine rings is 1. The van der Waals surface area contributed by atoms with Crippen LogP contribution in [0.1, 0.15) is 27.0 Å². The average molecular weight is 493 g/mol. The highest BCUT2D eigenvalue weighted by molar-refractivity contribution is 6.15. The maximum atomic E-state index is 14.8. The first-order valence-electron chi connectivity index (χ1n) is 11.3. The molecular weight excluding hydrogens is 466 g/mol. The fraction of sp³-hybridized carbons (Fsp3) is 0.192. The van der Waals surface area contributed by atoms with E-state index in [1.165, 1.54) is 25.2 Å². The zero-order chi connectivity index (χ0) is 25.8. The number of benzene rings is 3. The molecule has 8 nitrogen and oxygen atoms in total. The lowest BCUT2D eigenvalue weighted by atomic mass is 9.99. The van der Waals surface area contributed by atoms with Gasteiger partial charge in [0.15, 0.2) is 0 Å². The summed E-state index contributed by atoms with van der Waals surface area (Å²) < 4.78 is 34.8. The number of hydrogen-bond acceptors (Lipinski definition) is 7. The number of nitrogens with two attached hydrogens (primary N) is 1. The number of anilines is 4. The van der Waals surface area contributed by atoms with Crippen molar-refractivity contribution in [3.8, 4) is 0 Å². The molecule has 3 aromatic rings. The molecule has 10 heteroatoms. The summed E-state index contributed by atoms with van der Waals surface area (Å²) in [6.45, 7) is 2.93. The molecule has 3 aromatic carbocycles. The molecule has 6 N–H and O–H groups in total. The molecule has 1 amide bonds. The molecule has 0 atom stereocenters. The highest BCUT2D eigenvalue weighted by Crippen LogP contribution is 2.27.